The van der Waals surface area contributed by atoms with Crippen molar-refractivity contribution in [3.8, 4) is 0 Å². The lowest BCUT2D eigenvalue weighted by Gasteiger charge is -2.47. The molecule has 0 radical (unpaired) electrons. The zero-order chi connectivity index (χ0) is 25.9. The fourth-order valence-electron chi connectivity index (χ4n) is 7.17. The zero-order valence-electron chi connectivity index (χ0n) is 24.9. The van der Waals surface area contributed by atoms with E-state index in [9.17, 15) is 0 Å². The molecule has 2 aliphatic rings. The van der Waals surface area contributed by atoms with Crippen LogP contribution in [-0.2, 0) is 0 Å². The van der Waals surface area contributed by atoms with Gasteiger partial charge in [-0.25, -0.2) is 0 Å². The molecule has 4 heteroatoms. The van der Waals surface area contributed by atoms with Crippen LogP contribution in [0.3, 0.4) is 0 Å². The fraction of sp³-hybridized carbons (Fsp3) is 0.724. The van der Waals surface area contributed by atoms with Crippen LogP contribution in [0.5, 0.6) is 0 Å². The molecule has 0 heterocycles. The topological polar surface area (TPSA) is 24.1 Å². The first-order valence-corrected chi connectivity index (χ1v) is 18.4. The van der Waals surface area contributed by atoms with Crippen molar-refractivity contribution in [3.63, 3.8) is 0 Å². The second kappa shape index (κ2) is 9.07. The van der Waals surface area contributed by atoms with E-state index in [1.54, 1.807) is 43.8 Å². The SMILES string of the molecule is CC1=C(C)C(C)C(C)=C1[Si](C)(C[Si](C)(NC(C)(C)C)C1=C(C)C(C)C(C)=C1C)NC(C)(C)C. The first-order valence-electron chi connectivity index (χ1n) is 13.0. The lowest BCUT2D eigenvalue weighted by molar-refractivity contribution is 0.507. The molecule has 33 heavy (non-hydrogen) atoms. The Labute approximate surface area is 208 Å². The Morgan fingerprint density at radius 2 is 0.848 bits per heavy atom. The Hall–Kier alpha value is -0.686. The molecule has 0 aromatic heterocycles. The maximum atomic E-state index is 4.30. The highest BCUT2D eigenvalue weighted by atomic mass is 28.4. The van der Waals surface area contributed by atoms with Crippen LogP contribution in [-0.4, -0.2) is 27.5 Å². The van der Waals surface area contributed by atoms with E-state index in [2.05, 4.69) is 120 Å². The van der Waals surface area contributed by atoms with Crippen molar-refractivity contribution in [2.75, 3.05) is 0 Å². The highest BCUT2D eigenvalue weighted by Crippen LogP contribution is 2.47. The summed E-state index contributed by atoms with van der Waals surface area (Å²) in [6.07, 6.45) is 0. The smallest absolute Gasteiger partial charge is 0.154 e. The third kappa shape index (κ3) is 5.60. The second-order valence-corrected chi connectivity index (χ2v) is 22.0. The zero-order valence-corrected chi connectivity index (χ0v) is 26.9. The fourth-order valence-corrected chi connectivity index (χ4v) is 22.7. The first-order chi connectivity index (χ1) is 14.7. The van der Waals surface area contributed by atoms with Crippen LogP contribution in [0.1, 0.15) is 96.9 Å². The Balaban J connectivity index is 2.78. The molecule has 0 saturated carbocycles. The van der Waals surface area contributed by atoms with Gasteiger partial charge in [-0.1, -0.05) is 60.4 Å². The minimum atomic E-state index is -2.05. The van der Waals surface area contributed by atoms with Crippen LogP contribution in [0.15, 0.2) is 43.8 Å². The van der Waals surface area contributed by atoms with Gasteiger partial charge in [-0.05, 0) is 111 Å². The van der Waals surface area contributed by atoms with Gasteiger partial charge in [-0.2, -0.15) is 0 Å². The molecule has 0 saturated heterocycles. The van der Waals surface area contributed by atoms with Crippen molar-refractivity contribution in [2.45, 2.75) is 127 Å². The highest BCUT2D eigenvalue weighted by molar-refractivity contribution is 7.01. The average molecular weight is 487 g/mol. The molecule has 0 bridgehead atoms. The van der Waals surface area contributed by atoms with E-state index in [1.165, 1.54) is 5.67 Å². The number of allylic oxidation sites excluding steroid dienone is 8. The van der Waals surface area contributed by atoms with Gasteiger partial charge in [0.1, 0.15) is 0 Å². The summed E-state index contributed by atoms with van der Waals surface area (Å²) in [4.78, 5) is 8.59. The molecule has 4 atom stereocenters. The molecule has 0 aromatic rings. The quantitative estimate of drug-likeness (QED) is 0.370. The molecular formula is C29H54N2Si2. The van der Waals surface area contributed by atoms with Gasteiger partial charge in [-0.15, -0.1) is 0 Å². The lowest BCUT2D eigenvalue weighted by atomic mass is 10.0. The average Bonchev–Trinajstić information content (AvgIpc) is 2.91. The predicted octanol–water partition coefficient (Wildman–Crippen LogP) is 8.14. The molecule has 0 aromatic carbocycles. The summed E-state index contributed by atoms with van der Waals surface area (Å²) < 4.78 is 0. The van der Waals surface area contributed by atoms with Gasteiger partial charge in [0, 0.05) is 11.1 Å². The molecule has 2 nitrogen and oxygen atoms in total. The maximum absolute atomic E-state index is 4.30. The number of hydrogen-bond donors (Lipinski definition) is 2. The predicted molar refractivity (Wildman–Crippen MR) is 154 cm³/mol. The van der Waals surface area contributed by atoms with E-state index < -0.39 is 16.5 Å². The van der Waals surface area contributed by atoms with Crippen molar-refractivity contribution in [3.05, 3.63) is 43.8 Å². The van der Waals surface area contributed by atoms with Crippen LogP contribution in [0.4, 0.5) is 0 Å². The summed E-state index contributed by atoms with van der Waals surface area (Å²) in [5, 5.41) is 3.39. The number of rotatable bonds is 6. The molecule has 0 fully saturated rings. The van der Waals surface area contributed by atoms with E-state index >= 15 is 0 Å². The second-order valence-electron chi connectivity index (χ2n) is 13.8. The van der Waals surface area contributed by atoms with Crippen molar-refractivity contribution >= 4 is 16.5 Å². The van der Waals surface area contributed by atoms with Crippen molar-refractivity contribution in [2.24, 2.45) is 11.8 Å². The van der Waals surface area contributed by atoms with Crippen LogP contribution in [0, 0.1) is 11.8 Å². The lowest BCUT2D eigenvalue weighted by Crippen LogP contribution is -2.67. The van der Waals surface area contributed by atoms with E-state index in [0.717, 1.165) is 0 Å². The van der Waals surface area contributed by atoms with Gasteiger partial charge >= 0.3 is 0 Å². The van der Waals surface area contributed by atoms with Crippen LogP contribution in [0.25, 0.3) is 0 Å². The third-order valence-corrected chi connectivity index (χ3v) is 20.4. The molecule has 4 unspecified atom stereocenters. The number of nitrogens with one attached hydrogen (secondary N) is 2. The van der Waals surface area contributed by atoms with Crippen LogP contribution in [0.2, 0.25) is 18.8 Å². The molecule has 2 rings (SSSR count). The summed E-state index contributed by atoms with van der Waals surface area (Å²) in [6.45, 7) is 38.5. The summed E-state index contributed by atoms with van der Waals surface area (Å²) in [5.74, 6) is 1.13. The Morgan fingerprint density at radius 3 is 1.03 bits per heavy atom. The van der Waals surface area contributed by atoms with E-state index in [1.807, 2.05) is 0 Å². The van der Waals surface area contributed by atoms with Crippen molar-refractivity contribution in [1.82, 2.24) is 9.96 Å². The third-order valence-electron chi connectivity index (χ3n) is 8.43. The maximum Gasteiger partial charge on any atom is 0.154 e. The van der Waals surface area contributed by atoms with Gasteiger partial charge in [-0.3, -0.25) is 0 Å². The molecule has 0 amide bonds. The molecule has 2 aliphatic carbocycles. The van der Waals surface area contributed by atoms with E-state index in [4.69, 9.17) is 0 Å². The molecule has 2 N–H and O–H groups in total. The monoisotopic (exact) mass is 486 g/mol. The van der Waals surface area contributed by atoms with Gasteiger partial charge in [0.15, 0.2) is 16.5 Å². The van der Waals surface area contributed by atoms with Gasteiger partial charge in [0.05, 0.1) is 0 Å². The van der Waals surface area contributed by atoms with Crippen molar-refractivity contribution in [1.29, 1.82) is 0 Å². The standard InChI is InChI=1S/C29H54N2Si2/c1-18-19(2)23(6)26(22(18)5)32(15,30-28(9,10)11)17-33(16,31-29(12,13)14)27-24(7)20(3)21(4)25(27)8/h18,20,30-31H,17H2,1-16H3. The normalized spacial score (nSPS) is 26.5. The van der Waals surface area contributed by atoms with Gasteiger partial charge in [0.25, 0.3) is 0 Å². The van der Waals surface area contributed by atoms with Crippen LogP contribution < -0.4 is 9.96 Å². The van der Waals surface area contributed by atoms with E-state index in [-0.39, 0.29) is 11.1 Å². The molecule has 188 valence electrons. The van der Waals surface area contributed by atoms with Crippen molar-refractivity contribution < 1.29 is 0 Å². The minimum absolute atomic E-state index is 0.0818. The summed E-state index contributed by atoms with van der Waals surface area (Å²) in [7, 11) is -4.11. The molecular weight excluding hydrogens is 433 g/mol. The Kier molecular flexibility index (Phi) is 7.85. The van der Waals surface area contributed by atoms with Gasteiger partial charge < -0.3 is 9.96 Å². The summed E-state index contributed by atoms with van der Waals surface area (Å²) in [5.41, 5.74) is 10.9. The summed E-state index contributed by atoms with van der Waals surface area (Å²) >= 11 is 0. The minimum Gasteiger partial charge on any atom is -0.329 e. The van der Waals surface area contributed by atoms with Gasteiger partial charge in [0.2, 0.25) is 0 Å². The molecule has 0 aliphatic heterocycles. The first kappa shape index (κ1) is 28.6. The van der Waals surface area contributed by atoms with Crippen LogP contribution >= 0.6 is 0 Å². The Morgan fingerprint density at radius 1 is 0.576 bits per heavy atom. The summed E-state index contributed by atoms with van der Waals surface area (Å²) in [6, 6.07) is 0. The largest absolute Gasteiger partial charge is 0.329 e. The molecule has 0 spiro atoms. The Bertz CT molecular complexity index is 860. The highest BCUT2D eigenvalue weighted by Gasteiger charge is 2.50. The van der Waals surface area contributed by atoms with E-state index in [0.29, 0.717) is 11.8 Å². The number of hydrogen-bond acceptors (Lipinski definition) is 2.